The van der Waals surface area contributed by atoms with Crippen molar-refractivity contribution in [2.24, 2.45) is 0 Å². The molecule has 1 aromatic rings. The highest BCUT2D eigenvalue weighted by atomic mass is 16.6. The van der Waals surface area contributed by atoms with E-state index in [1.54, 1.807) is 24.3 Å². The van der Waals surface area contributed by atoms with Crippen LogP contribution in [0.2, 0.25) is 0 Å². The fourth-order valence-electron chi connectivity index (χ4n) is 3.61. The van der Waals surface area contributed by atoms with Gasteiger partial charge in [0, 0.05) is 0 Å². The maximum Gasteiger partial charge on any atom is 0.339 e. The predicted octanol–water partition coefficient (Wildman–Crippen LogP) is 5.33. The van der Waals surface area contributed by atoms with Crippen LogP contribution in [-0.4, -0.2) is 24.1 Å². The molecule has 0 aliphatic heterocycles. The van der Waals surface area contributed by atoms with Crippen molar-refractivity contribution in [3.05, 3.63) is 84.0 Å². The molecule has 0 aromatic heterocycles. The highest BCUT2D eigenvalue weighted by Crippen LogP contribution is 2.31. The molecule has 146 valence electrons. The first-order chi connectivity index (χ1) is 13.4. The molecule has 4 nitrogen and oxygen atoms in total. The zero-order valence-electron chi connectivity index (χ0n) is 16.2. The Morgan fingerprint density at radius 2 is 1.14 bits per heavy atom. The molecule has 2 fully saturated rings. The summed E-state index contributed by atoms with van der Waals surface area (Å²) in [5.41, 5.74) is 3.70. The Labute approximate surface area is 166 Å². The zero-order chi connectivity index (χ0) is 20.3. The maximum atomic E-state index is 12.8. The lowest BCUT2D eigenvalue weighted by Crippen LogP contribution is -2.27. The Kier molecular flexibility index (Phi) is 5.98. The van der Waals surface area contributed by atoms with E-state index in [0.29, 0.717) is 12.8 Å². The van der Waals surface area contributed by atoms with Crippen molar-refractivity contribution < 1.29 is 19.1 Å². The molecule has 0 radical (unpaired) electrons. The van der Waals surface area contributed by atoms with Crippen molar-refractivity contribution in [1.29, 1.82) is 0 Å². The second kappa shape index (κ2) is 8.42. The Bertz CT molecular complexity index is 790. The van der Waals surface area contributed by atoms with E-state index in [9.17, 15) is 9.59 Å². The quantitative estimate of drug-likeness (QED) is 0.665. The van der Waals surface area contributed by atoms with E-state index in [2.05, 4.69) is 26.3 Å². The number of rotatable bonds is 4. The van der Waals surface area contributed by atoms with Gasteiger partial charge in [0.25, 0.3) is 0 Å². The molecule has 0 heterocycles. The molecule has 0 spiro atoms. The highest BCUT2D eigenvalue weighted by Gasteiger charge is 2.29. The maximum absolute atomic E-state index is 12.8. The van der Waals surface area contributed by atoms with Gasteiger partial charge < -0.3 is 9.47 Å². The Morgan fingerprint density at radius 3 is 1.54 bits per heavy atom. The molecule has 0 amide bonds. The lowest BCUT2D eigenvalue weighted by Gasteiger charge is -2.27. The molecule has 2 aliphatic carbocycles. The summed E-state index contributed by atoms with van der Waals surface area (Å²) in [6.45, 7) is 15.9. The van der Waals surface area contributed by atoms with E-state index in [0.717, 1.165) is 48.0 Å². The molecule has 4 heteroatoms. The molecule has 2 saturated carbocycles. The van der Waals surface area contributed by atoms with E-state index >= 15 is 0 Å². The van der Waals surface area contributed by atoms with Crippen LogP contribution >= 0.6 is 0 Å². The van der Waals surface area contributed by atoms with Gasteiger partial charge in [-0.25, -0.2) is 9.59 Å². The van der Waals surface area contributed by atoms with Gasteiger partial charge in [-0.1, -0.05) is 38.4 Å². The second-order valence-electron chi connectivity index (χ2n) is 7.38. The molecule has 2 unspecified atom stereocenters. The molecule has 28 heavy (non-hydrogen) atoms. The lowest BCUT2D eigenvalue weighted by molar-refractivity contribution is 0.0298. The largest absolute Gasteiger partial charge is 0.454 e. The number of hydrogen-bond acceptors (Lipinski definition) is 4. The highest BCUT2D eigenvalue weighted by molar-refractivity contribution is 6.03. The Balaban J connectivity index is 1.75. The van der Waals surface area contributed by atoms with Crippen molar-refractivity contribution in [2.45, 2.75) is 50.7 Å². The topological polar surface area (TPSA) is 52.6 Å². The van der Waals surface area contributed by atoms with Gasteiger partial charge in [-0.15, -0.1) is 0 Å². The van der Waals surface area contributed by atoms with Crippen LogP contribution in [0.15, 0.2) is 72.9 Å². The van der Waals surface area contributed by atoms with Gasteiger partial charge in [-0.2, -0.15) is 0 Å². The summed E-state index contributed by atoms with van der Waals surface area (Å²) >= 11 is 0. The third kappa shape index (κ3) is 4.16. The minimum Gasteiger partial charge on any atom is -0.454 e. The van der Waals surface area contributed by atoms with Gasteiger partial charge in [-0.3, -0.25) is 0 Å². The van der Waals surface area contributed by atoms with Crippen molar-refractivity contribution in [3.63, 3.8) is 0 Å². The second-order valence-corrected chi connectivity index (χ2v) is 7.38. The van der Waals surface area contributed by atoms with Crippen LogP contribution in [0.25, 0.3) is 0 Å². The number of hydrogen-bond donors (Lipinski definition) is 0. The summed E-state index contributed by atoms with van der Waals surface area (Å²) in [5, 5.41) is 0. The number of ether oxygens (including phenoxy) is 2. The van der Waals surface area contributed by atoms with Crippen molar-refractivity contribution >= 4 is 11.9 Å². The number of carbonyl (C=O) groups is 2. The van der Waals surface area contributed by atoms with Crippen LogP contribution in [0.5, 0.6) is 0 Å². The minimum atomic E-state index is -0.555. The normalized spacial score (nSPS) is 22.7. The van der Waals surface area contributed by atoms with Gasteiger partial charge in [0.15, 0.2) is 0 Å². The molecule has 2 aliphatic rings. The SMILES string of the molecule is C=C1CCCC(OC(=O)c2ccccc2C(=O)OC2CCCC(=C)C2=C)C1=C. The number of benzene rings is 1. The van der Waals surface area contributed by atoms with Gasteiger partial charge in [-0.05, 0) is 73.0 Å². The fraction of sp³-hybridized carbons (Fsp3) is 0.333. The molecule has 2 atom stereocenters. The first-order valence-electron chi connectivity index (χ1n) is 9.63. The summed E-state index contributed by atoms with van der Waals surface area (Å²) in [4.78, 5) is 25.5. The first-order valence-corrected chi connectivity index (χ1v) is 9.63. The Morgan fingerprint density at radius 1 is 0.750 bits per heavy atom. The van der Waals surface area contributed by atoms with Gasteiger partial charge in [0.1, 0.15) is 12.2 Å². The minimum absolute atomic E-state index is 0.191. The van der Waals surface area contributed by atoms with Crippen LogP contribution in [-0.2, 0) is 9.47 Å². The van der Waals surface area contributed by atoms with Crippen LogP contribution in [0.4, 0.5) is 0 Å². The summed E-state index contributed by atoms with van der Waals surface area (Å²) < 4.78 is 11.3. The van der Waals surface area contributed by atoms with Gasteiger partial charge in [0.2, 0.25) is 0 Å². The molecule has 0 N–H and O–H groups in total. The van der Waals surface area contributed by atoms with E-state index in [1.807, 2.05) is 0 Å². The summed E-state index contributed by atoms with van der Waals surface area (Å²) in [6, 6.07) is 6.55. The summed E-state index contributed by atoms with van der Waals surface area (Å²) in [7, 11) is 0. The molecule has 0 bridgehead atoms. The first kappa shape index (κ1) is 19.9. The van der Waals surface area contributed by atoms with E-state index in [4.69, 9.17) is 9.47 Å². The van der Waals surface area contributed by atoms with Crippen LogP contribution in [0.1, 0.15) is 59.2 Å². The van der Waals surface area contributed by atoms with E-state index in [1.165, 1.54) is 0 Å². The molecular formula is C24H26O4. The van der Waals surface area contributed by atoms with Crippen molar-refractivity contribution in [3.8, 4) is 0 Å². The Hall–Kier alpha value is -2.88. The zero-order valence-corrected chi connectivity index (χ0v) is 16.2. The average molecular weight is 378 g/mol. The van der Waals surface area contributed by atoms with Crippen molar-refractivity contribution in [1.82, 2.24) is 0 Å². The smallest absolute Gasteiger partial charge is 0.339 e. The fourth-order valence-corrected chi connectivity index (χ4v) is 3.61. The molecule has 1 aromatic carbocycles. The van der Waals surface area contributed by atoms with E-state index < -0.39 is 24.1 Å². The average Bonchev–Trinajstić information content (AvgIpc) is 2.69. The van der Waals surface area contributed by atoms with Crippen LogP contribution < -0.4 is 0 Å². The summed E-state index contributed by atoms with van der Waals surface area (Å²) in [6.07, 6.45) is 4.14. The standard InChI is InChI=1S/C24H26O4/c1-15-9-7-13-21(17(15)3)27-23(25)19-11-5-6-12-20(19)24(26)28-22-14-8-10-16(2)18(22)4/h5-6,11-12,21-22H,1-4,7-10,13-14H2. The molecule has 0 saturated heterocycles. The van der Waals surface area contributed by atoms with Gasteiger partial charge in [0.05, 0.1) is 11.1 Å². The number of esters is 2. The van der Waals surface area contributed by atoms with Crippen LogP contribution in [0, 0.1) is 0 Å². The summed E-state index contributed by atoms with van der Waals surface area (Å²) in [5.74, 6) is -1.11. The van der Waals surface area contributed by atoms with Crippen molar-refractivity contribution in [2.75, 3.05) is 0 Å². The molecular weight excluding hydrogens is 352 g/mol. The van der Waals surface area contributed by atoms with E-state index in [-0.39, 0.29) is 11.1 Å². The lowest BCUT2D eigenvalue weighted by atomic mass is 9.89. The van der Waals surface area contributed by atoms with Gasteiger partial charge >= 0.3 is 11.9 Å². The third-order valence-electron chi connectivity index (χ3n) is 5.44. The third-order valence-corrected chi connectivity index (χ3v) is 5.44. The van der Waals surface area contributed by atoms with Crippen LogP contribution in [0.3, 0.4) is 0 Å². The molecule has 3 rings (SSSR count). The number of carbonyl (C=O) groups excluding carboxylic acids is 2. The monoisotopic (exact) mass is 378 g/mol. The predicted molar refractivity (Wildman–Crippen MR) is 109 cm³/mol.